The summed E-state index contributed by atoms with van der Waals surface area (Å²) < 4.78 is 0. The van der Waals surface area contributed by atoms with Gasteiger partial charge >= 0.3 is 0 Å². The van der Waals surface area contributed by atoms with Gasteiger partial charge in [-0.1, -0.05) is 20.3 Å². The molecule has 0 aliphatic heterocycles. The van der Waals surface area contributed by atoms with Gasteiger partial charge in [0.25, 0.3) is 0 Å². The second kappa shape index (κ2) is 7.90. The average Bonchev–Trinajstić information content (AvgIpc) is 2.39. The molecule has 1 aromatic rings. The van der Waals surface area contributed by atoms with E-state index in [-0.39, 0.29) is 0 Å². The molecule has 0 aromatic carbocycles. The van der Waals surface area contributed by atoms with Crippen LogP contribution < -0.4 is 10.2 Å². The number of nitrogens with zero attached hydrogens (tertiary/aromatic N) is 3. The number of unbranched alkanes of at least 4 members (excludes halogenated alkanes) is 1. The fraction of sp³-hybridized carbons (Fsp3) is 0.714. The summed E-state index contributed by atoms with van der Waals surface area (Å²) in [5.41, 5.74) is 0. The Morgan fingerprint density at radius 1 is 1.17 bits per heavy atom. The first-order valence-electron chi connectivity index (χ1n) is 7.11. The molecule has 1 N–H and O–H groups in total. The SMILES string of the molecule is CCCCN(CC)c1cc(NCC)nc(CC)n1. The van der Waals surface area contributed by atoms with Crippen LogP contribution in [0.25, 0.3) is 0 Å². The second-order valence-corrected chi connectivity index (χ2v) is 4.34. The number of hydrogen-bond acceptors (Lipinski definition) is 4. The minimum atomic E-state index is 0.873. The Balaban J connectivity index is 2.93. The van der Waals surface area contributed by atoms with Crippen molar-refractivity contribution in [2.24, 2.45) is 0 Å². The Hall–Kier alpha value is -1.32. The molecule has 0 spiro atoms. The number of hydrogen-bond donors (Lipinski definition) is 1. The van der Waals surface area contributed by atoms with Crippen LogP contribution in [0.1, 0.15) is 46.4 Å². The predicted octanol–water partition coefficient (Wildman–Crippen LogP) is 3.10. The van der Waals surface area contributed by atoms with Gasteiger partial charge in [0.1, 0.15) is 17.5 Å². The highest BCUT2D eigenvalue weighted by Gasteiger charge is 2.09. The van der Waals surface area contributed by atoms with Crippen molar-refractivity contribution in [2.45, 2.75) is 47.0 Å². The predicted molar refractivity (Wildman–Crippen MR) is 78.4 cm³/mol. The summed E-state index contributed by atoms with van der Waals surface area (Å²) in [7, 11) is 0. The molecule has 0 fully saturated rings. The summed E-state index contributed by atoms with van der Waals surface area (Å²) in [5.74, 6) is 2.90. The van der Waals surface area contributed by atoms with E-state index in [0.29, 0.717) is 0 Å². The summed E-state index contributed by atoms with van der Waals surface area (Å²) >= 11 is 0. The quantitative estimate of drug-likeness (QED) is 0.769. The molecule has 0 amide bonds. The zero-order chi connectivity index (χ0) is 13.4. The standard InChI is InChI=1S/C14H26N4/c1-5-9-10-18(8-4)14-11-13(15-7-3)16-12(6-2)17-14/h11H,5-10H2,1-4H3,(H,15,16,17). The Morgan fingerprint density at radius 2 is 1.94 bits per heavy atom. The van der Waals surface area contributed by atoms with Crippen LogP contribution >= 0.6 is 0 Å². The van der Waals surface area contributed by atoms with Crippen LogP contribution in [0.4, 0.5) is 11.6 Å². The van der Waals surface area contributed by atoms with Crippen LogP contribution in [0.2, 0.25) is 0 Å². The van der Waals surface area contributed by atoms with Gasteiger partial charge in [-0.15, -0.1) is 0 Å². The minimum Gasteiger partial charge on any atom is -0.370 e. The van der Waals surface area contributed by atoms with Crippen LogP contribution in [0.3, 0.4) is 0 Å². The Morgan fingerprint density at radius 3 is 2.50 bits per heavy atom. The molecule has 0 atom stereocenters. The van der Waals surface area contributed by atoms with Crippen LogP contribution in [0.15, 0.2) is 6.07 Å². The molecule has 0 unspecified atom stereocenters. The van der Waals surface area contributed by atoms with Crippen molar-refractivity contribution in [2.75, 3.05) is 29.9 Å². The Labute approximate surface area is 111 Å². The van der Waals surface area contributed by atoms with Gasteiger partial charge in [0.15, 0.2) is 0 Å². The van der Waals surface area contributed by atoms with E-state index in [2.05, 4.69) is 53.9 Å². The molecule has 4 heteroatoms. The molecular weight excluding hydrogens is 224 g/mol. The van der Waals surface area contributed by atoms with Crippen molar-refractivity contribution in [3.63, 3.8) is 0 Å². The molecule has 0 saturated carbocycles. The van der Waals surface area contributed by atoms with Crippen molar-refractivity contribution in [1.29, 1.82) is 0 Å². The lowest BCUT2D eigenvalue weighted by atomic mass is 10.3. The molecule has 4 nitrogen and oxygen atoms in total. The van der Waals surface area contributed by atoms with Gasteiger partial charge in [-0.2, -0.15) is 0 Å². The third kappa shape index (κ3) is 4.17. The van der Waals surface area contributed by atoms with E-state index in [0.717, 1.165) is 43.5 Å². The van der Waals surface area contributed by atoms with Gasteiger partial charge < -0.3 is 10.2 Å². The summed E-state index contributed by atoms with van der Waals surface area (Å²) in [6.07, 6.45) is 3.29. The van der Waals surface area contributed by atoms with Gasteiger partial charge in [-0.3, -0.25) is 0 Å². The monoisotopic (exact) mass is 250 g/mol. The lowest BCUT2D eigenvalue weighted by Gasteiger charge is -2.22. The fourth-order valence-corrected chi connectivity index (χ4v) is 1.86. The van der Waals surface area contributed by atoms with Crippen molar-refractivity contribution in [1.82, 2.24) is 9.97 Å². The fourth-order valence-electron chi connectivity index (χ4n) is 1.86. The molecular formula is C14H26N4. The highest BCUT2D eigenvalue weighted by molar-refractivity contribution is 5.49. The Bertz CT molecular complexity index is 352. The summed E-state index contributed by atoms with van der Waals surface area (Å²) in [5, 5.41) is 3.28. The van der Waals surface area contributed by atoms with Gasteiger partial charge in [0.2, 0.25) is 0 Å². The number of aryl methyl sites for hydroxylation is 1. The van der Waals surface area contributed by atoms with E-state index in [9.17, 15) is 0 Å². The van der Waals surface area contributed by atoms with Crippen LogP contribution in [-0.4, -0.2) is 29.6 Å². The van der Waals surface area contributed by atoms with Gasteiger partial charge in [0.05, 0.1) is 0 Å². The number of rotatable bonds is 8. The highest BCUT2D eigenvalue weighted by atomic mass is 15.2. The first kappa shape index (κ1) is 14.7. The average molecular weight is 250 g/mol. The van der Waals surface area contributed by atoms with Crippen molar-refractivity contribution < 1.29 is 0 Å². The minimum absolute atomic E-state index is 0.873. The molecule has 0 aliphatic rings. The van der Waals surface area contributed by atoms with Crippen molar-refractivity contribution >= 4 is 11.6 Å². The van der Waals surface area contributed by atoms with Crippen LogP contribution in [0, 0.1) is 0 Å². The molecule has 18 heavy (non-hydrogen) atoms. The van der Waals surface area contributed by atoms with Crippen molar-refractivity contribution in [3.05, 3.63) is 11.9 Å². The molecule has 1 aromatic heterocycles. The third-order valence-corrected chi connectivity index (χ3v) is 2.92. The normalized spacial score (nSPS) is 10.4. The molecule has 0 bridgehead atoms. The Kier molecular flexibility index (Phi) is 6.47. The van der Waals surface area contributed by atoms with Crippen LogP contribution in [0.5, 0.6) is 0 Å². The van der Waals surface area contributed by atoms with E-state index in [1.807, 2.05) is 0 Å². The first-order valence-corrected chi connectivity index (χ1v) is 7.11. The van der Waals surface area contributed by atoms with E-state index in [1.54, 1.807) is 0 Å². The highest BCUT2D eigenvalue weighted by Crippen LogP contribution is 2.16. The smallest absolute Gasteiger partial charge is 0.134 e. The zero-order valence-electron chi connectivity index (χ0n) is 12.2. The lowest BCUT2D eigenvalue weighted by Crippen LogP contribution is -2.25. The summed E-state index contributed by atoms with van der Waals surface area (Å²) in [4.78, 5) is 11.4. The van der Waals surface area contributed by atoms with Gasteiger partial charge in [-0.05, 0) is 20.3 Å². The van der Waals surface area contributed by atoms with E-state index in [4.69, 9.17) is 0 Å². The number of anilines is 2. The molecule has 1 heterocycles. The van der Waals surface area contributed by atoms with E-state index < -0.39 is 0 Å². The topological polar surface area (TPSA) is 41.0 Å². The van der Waals surface area contributed by atoms with E-state index in [1.165, 1.54) is 12.8 Å². The maximum Gasteiger partial charge on any atom is 0.134 e. The van der Waals surface area contributed by atoms with Crippen molar-refractivity contribution in [3.8, 4) is 0 Å². The van der Waals surface area contributed by atoms with Crippen LogP contribution in [-0.2, 0) is 6.42 Å². The molecule has 0 saturated heterocycles. The van der Waals surface area contributed by atoms with Gasteiger partial charge in [-0.25, -0.2) is 9.97 Å². The molecule has 1 rings (SSSR count). The second-order valence-electron chi connectivity index (χ2n) is 4.34. The third-order valence-electron chi connectivity index (χ3n) is 2.92. The molecule has 0 radical (unpaired) electrons. The molecule has 102 valence electrons. The van der Waals surface area contributed by atoms with Gasteiger partial charge in [0, 0.05) is 32.1 Å². The largest absolute Gasteiger partial charge is 0.370 e. The number of nitrogens with one attached hydrogen (secondary N) is 1. The van der Waals surface area contributed by atoms with E-state index >= 15 is 0 Å². The molecule has 0 aliphatic carbocycles. The summed E-state index contributed by atoms with van der Waals surface area (Å²) in [6, 6.07) is 2.06. The first-order chi connectivity index (χ1) is 8.74. The lowest BCUT2D eigenvalue weighted by molar-refractivity contribution is 0.719. The number of aromatic nitrogens is 2. The maximum atomic E-state index is 4.63. The maximum absolute atomic E-state index is 4.63. The summed E-state index contributed by atoms with van der Waals surface area (Å²) in [6.45, 7) is 11.5. The zero-order valence-corrected chi connectivity index (χ0v) is 12.2.